The quantitative estimate of drug-likeness (QED) is 0.720. The van der Waals surface area contributed by atoms with E-state index in [1.54, 1.807) is 13.1 Å². The van der Waals surface area contributed by atoms with Gasteiger partial charge in [-0.3, -0.25) is 0 Å². The highest BCUT2D eigenvalue weighted by Crippen LogP contribution is 2.16. The Morgan fingerprint density at radius 3 is 2.63 bits per heavy atom. The van der Waals surface area contributed by atoms with Gasteiger partial charge in [0.05, 0.1) is 0 Å². The molecule has 6 heteroatoms. The molecule has 0 unspecified atom stereocenters. The average Bonchev–Trinajstić information content (AvgIpc) is 2.37. The molecule has 0 saturated carbocycles. The minimum absolute atomic E-state index is 0.281. The molecule has 19 heavy (non-hydrogen) atoms. The predicted octanol–water partition coefficient (Wildman–Crippen LogP) is 2.01. The minimum Gasteiger partial charge on any atom is -0.316 e. The lowest BCUT2D eigenvalue weighted by Gasteiger charge is -2.09. The third-order valence-electron chi connectivity index (χ3n) is 2.74. The number of hydrogen-bond acceptors (Lipinski definition) is 3. The SMILES string of the molecule is CCCCCNS(=O)(=O)c1cc(CNC)ccc1F. The molecule has 1 rings (SSSR count). The summed E-state index contributed by atoms with van der Waals surface area (Å²) < 4.78 is 40.1. The first-order valence-corrected chi connectivity index (χ1v) is 7.92. The van der Waals surface area contributed by atoms with E-state index in [-0.39, 0.29) is 4.90 Å². The Hall–Kier alpha value is -0.980. The third-order valence-corrected chi connectivity index (χ3v) is 4.21. The Labute approximate surface area is 114 Å². The fourth-order valence-electron chi connectivity index (χ4n) is 1.73. The molecule has 1 aromatic carbocycles. The molecule has 0 radical (unpaired) electrons. The molecule has 0 heterocycles. The van der Waals surface area contributed by atoms with Crippen LogP contribution in [-0.2, 0) is 16.6 Å². The maximum absolute atomic E-state index is 13.6. The summed E-state index contributed by atoms with van der Waals surface area (Å²) in [5, 5.41) is 2.90. The van der Waals surface area contributed by atoms with E-state index in [9.17, 15) is 12.8 Å². The molecular weight excluding hydrogens is 267 g/mol. The number of hydrogen-bond donors (Lipinski definition) is 2. The van der Waals surface area contributed by atoms with Crippen LogP contribution in [0.4, 0.5) is 4.39 Å². The summed E-state index contributed by atoms with van der Waals surface area (Å²) in [7, 11) is -2.01. The molecular formula is C13H21FN2O2S. The molecule has 0 aliphatic heterocycles. The van der Waals surface area contributed by atoms with Gasteiger partial charge in [-0.05, 0) is 31.2 Å². The van der Waals surface area contributed by atoms with Crippen molar-refractivity contribution in [1.82, 2.24) is 10.0 Å². The first-order chi connectivity index (χ1) is 9.01. The van der Waals surface area contributed by atoms with Crippen molar-refractivity contribution < 1.29 is 12.8 Å². The van der Waals surface area contributed by atoms with Crippen LogP contribution in [-0.4, -0.2) is 22.0 Å². The van der Waals surface area contributed by atoms with Crippen LogP contribution in [0.15, 0.2) is 23.1 Å². The highest BCUT2D eigenvalue weighted by atomic mass is 32.2. The molecule has 0 aliphatic carbocycles. The Morgan fingerprint density at radius 1 is 1.26 bits per heavy atom. The summed E-state index contributed by atoms with van der Waals surface area (Å²) in [5.41, 5.74) is 0.734. The van der Waals surface area contributed by atoms with Gasteiger partial charge in [0.25, 0.3) is 0 Å². The van der Waals surface area contributed by atoms with Crippen LogP contribution in [0.3, 0.4) is 0 Å². The Kier molecular flexibility index (Phi) is 6.41. The van der Waals surface area contributed by atoms with Crippen LogP contribution < -0.4 is 10.0 Å². The van der Waals surface area contributed by atoms with E-state index in [2.05, 4.69) is 10.0 Å². The molecule has 0 bridgehead atoms. The normalized spacial score (nSPS) is 11.7. The van der Waals surface area contributed by atoms with Crippen molar-refractivity contribution in [3.8, 4) is 0 Å². The maximum atomic E-state index is 13.6. The van der Waals surface area contributed by atoms with E-state index < -0.39 is 15.8 Å². The second-order valence-corrected chi connectivity index (χ2v) is 6.14. The van der Waals surface area contributed by atoms with Crippen LogP contribution in [0, 0.1) is 5.82 Å². The molecule has 1 aromatic rings. The molecule has 0 atom stereocenters. The molecule has 0 aromatic heterocycles. The molecule has 0 amide bonds. The molecule has 0 saturated heterocycles. The van der Waals surface area contributed by atoms with Gasteiger partial charge in [0, 0.05) is 13.1 Å². The number of rotatable bonds is 8. The molecule has 0 fully saturated rings. The lowest BCUT2D eigenvalue weighted by Crippen LogP contribution is -2.26. The van der Waals surface area contributed by atoms with Gasteiger partial charge in [0.2, 0.25) is 10.0 Å². The third kappa shape index (κ3) is 4.89. The zero-order chi connectivity index (χ0) is 14.3. The van der Waals surface area contributed by atoms with Gasteiger partial charge in [-0.2, -0.15) is 0 Å². The fraction of sp³-hybridized carbons (Fsp3) is 0.538. The molecule has 0 aliphatic rings. The Bertz CT molecular complexity index is 503. The van der Waals surface area contributed by atoms with E-state index in [0.717, 1.165) is 24.8 Å². The van der Waals surface area contributed by atoms with Crippen molar-refractivity contribution >= 4 is 10.0 Å². The van der Waals surface area contributed by atoms with Gasteiger partial charge >= 0.3 is 0 Å². The van der Waals surface area contributed by atoms with Gasteiger partial charge in [0.15, 0.2) is 0 Å². The van der Waals surface area contributed by atoms with Crippen LogP contribution in [0.1, 0.15) is 31.7 Å². The van der Waals surface area contributed by atoms with Gasteiger partial charge in [0.1, 0.15) is 10.7 Å². The number of unbranched alkanes of at least 4 members (excludes halogenated alkanes) is 2. The maximum Gasteiger partial charge on any atom is 0.243 e. The molecule has 108 valence electrons. The fourth-order valence-corrected chi connectivity index (χ4v) is 2.93. The monoisotopic (exact) mass is 288 g/mol. The summed E-state index contributed by atoms with van der Waals surface area (Å²) in [5.74, 6) is -0.720. The summed E-state index contributed by atoms with van der Waals surface area (Å²) in [4.78, 5) is -0.281. The van der Waals surface area contributed by atoms with Crippen molar-refractivity contribution in [3.05, 3.63) is 29.6 Å². The lowest BCUT2D eigenvalue weighted by atomic mass is 10.2. The van der Waals surface area contributed by atoms with Gasteiger partial charge < -0.3 is 5.32 Å². The highest BCUT2D eigenvalue weighted by Gasteiger charge is 2.18. The van der Waals surface area contributed by atoms with Crippen molar-refractivity contribution in [2.75, 3.05) is 13.6 Å². The second kappa shape index (κ2) is 7.57. The van der Waals surface area contributed by atoms with E-state index in [1.807, 2.05) is 6.92 Å². The summed E-state index contributed by atoms with van der Waals surface area (Å²) >= 11 is 0. The van der Waals surface area contributed by atoms with E-state index >= 15 is 0 Å². The molecule has 4 nitrogen and oxygen atoms in total. The van der Waals surface area contributed by atoms with E-state index in [4.69, 9.17) is 0 Å². The number of benzene rings is 1. The lowest BCUT2D eigenvalue weighted by molar-refractivity contribution is 0.552. The van der Waals surface area contributed by atoms with Crippen LogP contribution in [0.2, 0.25) is 0 Å². The first kappa shape index (κ1) is 16.1. The van der Waals surface area contributed by atoms with E-state index in [1.165, 1.54) is 12.1 Å². The average molecular weight is 288 g/mol. The van der Waals surface area contributed by atoms with Crippen molar-refractivity contribution in [2.24, 2.45) is 0 Å². The zero-order valence-electron chi connectivity index (χ0n) is 11.4. The van der Waals surface area contributed by atoms with Crippen LogP contribution >= 0.6 is 0 Å². The van der Waals surface area contributed by atoms with Crippen molar-refractivity contribution in [3.63, 3.8) is 0 Å². The molecule has 0 spiro atoms. The van der Waals surface area contributed by atoms with Gasteiger partial charge in [-0.1, -0.05) is 25.8 Å². The highest BCUT2D eigenvalue weighted by molar-refractivity contribution is 7.89. The summed E-state index contributed by atoms with van der Waals surface area (Å²) in [6.45, 7) is 2.87. The van der Waals surface area contributed by atoms with Crippen molar-refractivity contribution in [1.29, 1.82) is 0 Å². The van der Waals surface area contributed by atoms with Crippen LogP contribution in [0.5, 0.6) is 0 Å². The number of sulfonamides is 1. The van der Waals surface area contributed by atoms with Crippen LogP contribution in [0.25, 0.3) is 0 Å². The zero-order valence-corrected chi connectivity index (χ0v) is 12.2. The Balaban J connectivity index is 2.84. The van der Waals surface area contributed by atoms with Crippen molar-refractivity contribution in [2.45, 2.75) is 37.6 Å². The summed E-state index contributed by atoms with van der Waals surface area (Å²) in [6.07, 6.45) is 2.71. The van der Waals surface area contributed by atoms with E-state index in [0.29, 0.717) is 13.1 Å². The molecule has 2 N–H and O–H groups in total. The largest absolute Gasteiger partial charge is 0.316 e. The summed E-state index contributed by atoms with van der Waals surface area (Å²) in [6, 6.07) is 4.13. The number of nitrogens with one attached hydrogen (secondary N) is 2. The minimum atomic E-state index is -3.77. The Morgan fingerprint density at radius 2 is 2.00 bits per heavy atom. The smallest absolute Gasteiger partial charge is 0.243 e. The van der Waals surface area contributed by atoms with Gasteiger partial charge in [-0.15, -0.1) is 0 Å². The van der Waals surface area contributed by atoms with Gasteiger partial charge in [-0.25, -0.2) is 17.5 Å². The second-order valence-electron chi connectivity index (χ2n) is 4.40. The predicted molar refractivity (Wildman–Crippen MR) is 73.9 cm³/mol. The first-order valence-electron chi connectivity index (χ1n) is 6.44. The topological polar surface area (TPSA) is 58.2 Å². The standard InChI is InChI=1S/C13H21FN2O2S/c1-3-4-5-8-16-19(17,18)13-9-11(10-15-2)6-7-12(13)14/h6-7,9,15-16H,3-5,8,10H2,1-2H3. The number of halogens is 1.